The Balaban J connectivity index is 1.19. The van der Waals surface area contributed by atoms with E-state index in [1.54, 1.807) is 24.5 Å². The monoisotopic (exact) mass is 555 g/mol. The Morgan fingerprint density at radius 2 is 1.64 bits per heavy atom. The number of alkyl halides is 2. The molecule has 3 aliphatic carbocycles. The zero-order valence-electron chi connectivity index (χ0n) is 21.3. The highest BCUT2D eigenvalue weighted by Crippen LogP contribution is 2.53. The van der Waals surface area contributed by atoms with Gasteiger partial charge in [-0.1, -0.05) is 17.7 Å². The molecular formula is C26H27F2N7O3S. The van der Waals surface area contributed by atoms with Gasteiger partial charge in [-0.05, 0) is 63.6 Å². The summed E-state index contributed by atoms with van der Waals surface area (Å²) in [6, 6.07) is 9.23. The number of carbonyl (C=O) groups excluding carboxylic acids is 1. The average molecular weight is 556 g/mol. The number of aromatic nitrogens is 5. The Hall–Kier alpha value is -3.29. The molecule has 4 aliphatic rings. The predicted octanol–water partition coefficient (Wildman–Crippen LogP) is 3.21. The highest BCUT2D eigenvalue weighted by molar-refractivity contribution is 7.87. The maximum atomic E-state index is 13.3. The second-order valence-electron chi connectivity index (χ2n) is 11.3. The zero-order valence-corrected chi connectivity index (χ0v) is 22.1. The van der Waals surface area contributed by atoms with Crippen molar-refractivity contribution in [2.45, 2.75) is 62.3 Å². The molecule has 10 nitrogen and oxygen atoms in total. The Morgan fingerprint density at radius 1 is 0.974 bits per heavy atom. The Labute approximate surface area is 223 Å². The van der Waals surface area contributed by atoms with Crippen LogP contribution in [-0.4, -0.2) is 67.3 Å². The summed E-state index contributed by atoms with van der Waals surface area (Å²) >= 11 is 0. The van der Waals surface area contributed by atoms with E-state index < -0.39 is 34.8 Å². The van der Waals surface area contributed by atoms with Crippen LogP contribution < -0.4 is 4.72 Å². The molecule has 4 aromatic rings. The Bertz CT molecular complexity index is 1710. The van der Waals surface area contributed by atoms with Crippen LogP contribution in [0.25, 0.3) is 16.8 Å². The molecule has 3 aromatic heterocycles. The van der Waals surface area contributed by atoms with E-state index >= 15 is 0 Å². The van der Waals surface area contributed by atoms with Crippen molar-refractivity contribution in [1.82, 2.24) is 33.2 Å². The minimum Gasteiger partial charge on any atom is -0.274 e. The third kappa shape index (κ3) is 3.81. The first kappa shape index (κ1) is 24.7. The standard InChI is InChI=1S/C26H27F2N7O3S/c1-17-2-4-18(5-3-17)22(36)34-13-6-19-21(34)29-14-20-30-31-23(35(19)20)24-7-10-25(11-8-24,12-9-24)32-39(37,38)33-15-26(27,28)16-33/h2-6,13-14,32H,7-12,15-16H2,1H3. The van der Waals surface area contributed by atoms with Crippen LogP contribution >= 0.6 is 0 Å². The van der Waals surface area contributed by atoms with E-state index in [1.807, 2.05) is 29.5 Å². The number of fused-ring (bicyclic) bond motifs is 6. The lowest BCUT2D eigenvalue weighted by atomic mass is 9.57. The molecule has 0 spiro atoms. The molecule has 0 atom stereocenters. The largest absolute Gasteiger partial charge is 0.280 e. The van der Waals surface area contributed by atoms with Crippen LogP contribution in [0, 0.1) is 6.92 Å². The molecule has 39 heavy (non-hydrogen) atoms. The zero-order chi connectivity index (χ0) is 27.2. The van der Waals surface area contributed by atoms with Crippen molar-refractivity contribution in [3.8, 4) is 0 Å². The van der Waals surface area contributed by atoms with Crippen LogP contribution in [-0.2, 0) is 15.6 Å². The lowest BCUT2D eigenvalue weighted by Gasteiger charge is -2.53. The van der Waals surface area contributed by atoms with Crippen molar-refractivity contribution >= 4 is 32.9 Å². The second-order valence-corrected chi connectivity index (χ2v) is 13.0. The van der Waals surface area contributed by atoms with E-state index in [1.165, 1.54) is 4.57 Å². The fraction of sp³-hybridized carbons (Fsp3) is 0.462. The van der Waals surface area contributed by atoms with Crippen LogP contribution in [0.4, 0.5) is 8.78 Å². The molecule has 1 N–H and O–H groups in total. The van der Waals surface area contributed by atoms with Crippen molar-refractivity contribution in [2.24, 2.45) is 0 Å². The molecule has 2 bridgehead atoms. The Morgan fingerprint density at radius 3 is 2.28 bits per heavy atom. The first-order valence-corrected chi connectivity index (χ1v) is 14.4. The number of hydrogen-bond acceptors (Lipinski definition) is 6. The van der Waals surface area contributed by atoms with Gasteiger partial charge in [-0.2, -0.15) is 17.4 Å². The normalized spacial score (nSPS) is 26.7. The van der Waals surface area contributed by atoms with Crippen LogP contribution in [0.3, 0.4) is 0 Å². The number of rotatable bonds is 5. The van der Waals surface area contributed by atoms with Crippen molar-refractivity contribution < 1.29 is 22.0 Å². The van der Waals surface area contributed by atoms with Gasteiger partial charge in [0.15, 0.2) is 11.3 Å². The number of carbonyl (C=O) groups is 1. The molecule has 1 aliphatic heterocycles. The molecule has 0 radical (unpaired) electrons. The molecule has 1 aromatic carbocycles. The molecule has 0 unspecified atom stereocenters. The lowest BCUT2D eigenvalue weighted by molar-refractivity contribution is -0.0955. The number of nitrogens with zero attached hydrogens (tertiary/aromatic N) is 6. The number of benzene rings is 1. The minimum atomic E-state index is -3.98. The molecule has 4 heterocycles. The number of aryl methyl sites for hydroxylation is 1. The highest BCUT2D eigenvalue weighted by Gasteiger charge is 2.56. The molecule has 0 amide bonds. The van der Waals surface area contributed by atoms with Crippen LogP contribution in [0.15, 0.2) is 42.7 Å². The van der Waals surface area contributed by atoms with Crippen LogP contribution in [0.1, 0.15) is 60.3 Å². The van der Waals surface area contributed by atoms with Gasteiger partial charge in [-0.25, -0.2) is 13.8 Å². The van der Waals surface area contributed by atoms with Crippen molar-refractivity contribution in [2.75, 3.05) is 13.1 Å². The summed E-state index contributed by atoms with van der Waals surface area (Å²) in [5.74, 6) is -2.36. The van der Waals surface area contributed by atoms with Crippen LogP contribution in [0.5, 0.6) is 0 Å². The Kier molecular flexibility index (Phi) is 5.15. The highest BCUT2D eigenvalue weighted by atomic mass is 32.2. The third-order valence-electron chi connectivity index (χ3n) is 8.81. The van der Waals surface area contributed by atoms with Gasteiger partial charge in [0.05, 0.1) is 24.8 Å². The summed E-state index contributed by atoms with van der Waals surface area (Å²) in [6.07, 6.45) is 7.09. The summed E-state index contributed by atoms with van der Waals surface area (Å²) in [4.78, 5) is 17.8. The predicted molar refractivity (Wildman–Crippen MR) is 138 cm³/mol. The van der Waals surface area contributed by atoms with Crippen molar-refractivity contribution in [3.63, 3.8) is 0 Å². The van der Waals surface area contributed by atoms with E-state index in [2.05, 4.69) is 19.9 Å². The van der Waals surface area contributed by atoms with Gasteiger partial charge in [-0.3, -0.25) is 13.8 Å². The molecule has 1 saturated heterocycles. The quantitative estimate of drug-likeness (QED) is 0.405. The summed E-state index contributed by atoms with van der Waals surface area (Å²) < 4.78 is 59.2. The molecule has 13 heteroatoms. The van der Waals surface area contributed by atoms with E-state index in [4.69, 9.17) is 0 Å². The molecular weight excluding hydrogens is 528 g/mol. The van der Waals surface area contributed by atoms with Gasteiger partial charge in [0.1, 0.15) is 5.82 Å². The van der Waals surface area contributed by atoms with Gasteiger partial charge >= 0.3 is 0 Å². The summed E-state index contributed by atoms with van der Waals surface area (Å²) in [6.45, 7) is 0.419. The van der Waals surface area contributed by atoms with Crippen molar-refractivity contribution in [1.29, 1.82) is 0 Å². The topological polar surface area (TPSA) is 114 Å². The summed E-state index contributed by atoms with van der Waals surface area (Å²) in [7, 11) is -3.98. The van der Waals surface area contributed by atoms with E-state index in [0.29, 0.717) is 55.4 Å². The first-order chi connectivity index (χ1) is 18.5. The maximum absolute atomic E-state index is 13.3. The van der Waals surface area contributed by atoms with E-state index in [9.17, 15) is 22.0 Å². The fourth-order valence-corrected chi connectivity index (χ4v) is 8.15. The van der Waals surface area contributed by atoms with Gasteiger partial charge in [0.25, 0.3) is 22.0 Å². The maximum Gasteiger partial charge on any atom is 0.280 e. The number of hydrogen-bond donors (Lipinski definition) is 1. The fourth-order valence-electron chi connectivity index (χ4n) is 6.45. The smallest absolute Gasteiger partial charge is 0.274 e. The first-order valence-electron chi connectivity index (χ1n) is 13.0. The molecule has 4 fully saturated rings. The number of nitrogens with one attached hydrogen (secondary N) is 1. The third-order valence-corrected chi connectivity index (χ3v) is 10.4. The van der Waals surface area contributed by atoms with Gasteiger partial charge in [0, 0.05) is 22.7 Å². The van der Waals surface area contributed by atoms with Crippen LogP contribution in [0.2, 0.25) is 0 Å². The van der Waals surface area contributed by atoms with Crippen molar-refractivity contribution in [3.05, 3.63) is 59.7 Å². The summed E-state index contributed by atoms with van der Waals surface area (Å²) in [5.41, 5.74) is 2.48. The average Bonchev–Trinajstić information content (AvgIpc) is 3.53. The second kappa shape index (κ2) is 8.12. The van der Waals surface area contributed by atoms with Gasteiger partial charge in [0.2, 0.25) is 0 Å². The van der Waals surface area contributed by atoms with E-state index in [-0.39, 0.29) is 11.3 Å². The minimum absolute atomic E-state index is 0.183. The number of halogens is 2. The molecule has 204 valence electrons. The SMILES string of the molecule is Cc1ccc(C(=O)n2ccc3c2ncc2nnc(C45CCC(NS(=O)(=O)N6CC(F)(F)C6)(CC4)CC5)n23)cc1. The lowest BCUT2D eigenvalue weighted by Crippen LogP contribution is -2.66. The van der Waals surface area contributed by atoms with Gasteiger partial charge in [-0.15, -0.1) is 10.2 Å². The summed E-state index contributed by atoms with van der Waals surface area (Å²) in [5, 5.41) is 8.95. The molecule has 3 saturated carbocycles. The molecule has 8 rings (SSSR count). The van der Waals surface area contributed by atoms with Gasteiger partial charge < -0.3 is 0 Å². The van der Waals surface area contributed by atoms with E-state index in [0.717, 1.165) is 21.2 Å².